The minimum absolute atomic E-state index is 0.871. The van der Waals surface area contributed by atoms with Gasteiger partial charge in [-0.05, 0) is 32.4 Å². The second kappa shape index (κ2) is 5.01. The summed E-state index contributed by atoms with van der Waals surface area (Å²) in [4.78, 5) is 0. The molecular formula is C12H20N2. The lowest BCUT2D eigenvalue weighted by molar-refractivity contribution is 0.702. The largest absolute Gasteiger partial charge is 0.349 e. The van der Waals surface area contributed by atoms with Crippen molar-refractivity contribution in [3.8, 4) is 0 Å². The van der Waals surface area contributed by atoms with Crippen molar-refractivity contribution >= 4 is 0 Å². The van der Waals surface area contributed by atoms with Crippen molar-refractivity contribution in [2.24, 2.45) is 0 Å². The number of nitrogens with one attached hydrogen (secondary N) is 1. The fourth-order valence-electron chi connectivity index (χ4n) is 1.85. The second-order valence-electron chi connectivity index (χ2n) is 3.56. The molecule has 1 rings (SSSR count). The molecule has 0 amide bonds. The van der Waals surface area contributed by atoms with Gasteiger partial charge in [0.15, 0.2) is 0 Å². The van der Waals surface area contributed by atoms with E-state index < -0.39 is 0 Å². The van der Waals surface area contributed by atoms with E-state index in [9.17, 15) is 0 Å². The molecule has 0 aliphatic heterocycles. The molecule has 0 saturated heterocycles. The molecule has 2 heteroatoms. The Labute approximate surface area is 86.6 Å². The Morgan fingerprint density at radius 3 is 2.71 bits per heavy atom. The van der Waals surface area contributed by atoms with Gasteiger partial charge in [-0.1, -0.05) is 6.08 Å². The van der Waals surface area contributed by atoms with E-state index in [2.05, 4.69) is 43.3 Å². The molecule has 1 aromatic heterocycles. The molecule has 0 aliphatic carbocycles. The first-order valence-electron chi connectivity index (χ1n) is 5.18. The summed E-state index contributed by atoms with van der Waals surface area (Å²) in [5.41, 5.74) is 4.12. The lowest BCUT2D eigenvalue weighted by Gasteiger charge is -2.06. The van der Waals surface area contributed by atoms with Crippen LogP contribution in [0.25, 0.3) is 0 Å². The van der Waals surface area contributed by atoms with Crippen molar-refractivity contribution in [2.75, 3.05) is 6.54 Å². The van der Waals surface area contributed by atoms with Gasteiger partial charge in [0.1, 0.15) is 0 Å². The van der Waals surface area contributed by atoms with E-state index in [-0.39, 0.29) is 0 Å². The summed E-state index contributed by atoms with van der Waals surface area (Å²) in [7, 11) is 0. The van der Waals surface area contributed by atoms with Gasteiger partial charge in [-0.2, -0.15) is 0 Å². The van der Waals surface area contributed by atoms with Crippen LogP contribution in [0.2, 0.25) is 0 Å². The molecule has 0 aromatic carbocycles. The fourth-order valence-corrected chi connectivity index (χ4v) is 1.85. The predicted octanol–water partition coefficient (Wildman–Crippen LogP) is 2.40. The summed E-state index contributed by atoms with van der Waals surface area (Å²) >= 11 is 0. The lowest BCUT2D eigenvalue weighted by atomic mass is 10.2. The summed E-state index contributed by atoms with van der Waals surface area (Å²) in [5, 5.41) is 3.33. The smallest absolute Gasteiger partial charge is 0.0226 e. The van der Waals surface area contributed by atoms with Crippen molar-refractivity contribution < 1.29 is 0 Å². The molecule has 0 spiro atoms. The van der Waals surface area contributed by atoms with Crippen LogP contribution in [0, 0.1) is 13.8 Å². The van der Waals surface area contributed by atoms with E-state index in [0.29, 0.717) is 0 Å². The van der Waals surface area contributed by atoms with Crippen LogP contribution in [0.4, 0.5) is 0 Å². The number of aromatic nitrogens is 1. The Balaban J connectivity index is 2.72. The van der Waals surface area contributed by atoms with E-state index in [1.807, 2.05) is 6.08 Å². The fraction of sp³-hybridized carbons (Fsp3) is 0.500. The molecule has 0 radical (unpaired) electrons. The first kappa shape index (κ1) is 11.1. The van der Waals surface area contributed by atoms with Crippen LogP contribution in [0.5, 0.6) is 0 Å². The van der Waals surface area contributed by atoms with Gasteiger partial charge in [-0.25, -0.2) is 0 Å². The van der Waals surface area contributed by atoms with Crippen molar-refractivity contribution in [1.82, 2.24) is 9.88 Å². The molecule has 1 heterocycles. The summed E-state index contributed by atoms with van der Waals surface area (Å²) < 4.78 is 2.34. The topological polar surface area (TPSA) is 17.0 Å². The van der Waals surface area contributed by atoms with Crippen LogP contribution >= 0.6 is 0 Å². The zero-order chi connectivity index (χ0) is 10.6. The van der Waals surface area contributed by atoms with Crippen LogP contribution in [-0.4, -0.2) is 11.1 Å². The summed E-state index contributed by atoms with van der Waals surface area (Å²) in [5.74, 6) is 0. The first-order valence-corrected chi connectivity index (χ1v) is 5.18. The van der Waals surface area contributed by atoms with Gasteiger partial charge < -0.3 is 9.88 Å². The first-order chi connectivity index (χ1) is 6.70. The molecule has 0 unspecified atom stereocenters. The van der Waals surface area contributed by atoms with Crippen LogP contribution in [0.15, 0.2) is 18.7 Å². The SMILES string of the molecule is C=CCNCc1cc(C)n(CC)c1C. The quantitative estimate of drug-likeness (QED) is 0.560. The summed E-state index contributed by atoms with van der Waals surface area (Å²) in [6, 6.07) is 2.26. The van der Waals surface area contributed by atoms with Crippen molar-refractivity contribution in [1.29, 1.82) is 0 Å². The third-order valence-electron chi connectivity index (χ3n) is 2.60. The third-order valence-corrected chi connectivity index (χ3v) is 2.60. The maximum Gasteiger partial charge on any atom is 0.0226 e. The number of hydrogen-bond donors (Lipinski definition) is 1. The monoisotopic (exact) mass is 192 g/mol. The Kier molecular flexibility index (Phi) is 3.96. The van der Waals surface area contributed by atoms with Gasteiger partial charge in [-0.15, -0.1) is 6.58 Å². The molecule has 0 bridgehead atoms. The molecule has 0 aliphatic rings. The average molecular weight is 192 g/mol. The lowest BCUT2D eigenvalue weighted by Crippen LogP contribution is -2.13. The van der Waals surface area contributed by atoms with Gasteiger partial charge in [-0.3, -0.25) is 0 Å². The normalized spacial score (nSPS) is 10.5. The summed E-state index contributed by atoms with van der Waals surface area (Å²) in [6.07, 6.45) is 1.89. The van der Waals surface area contributed by atoms with E-state index in [0.717, 1.165) is 19.6 Å². The Bertz CT molecular complexity index is 310. The van der Waals surface area contributed by atoms with Crippen molar-refractivity contribution in [3.05, 3.63) is 35.7 Å². The van der Waals surface area contributed by atoms with Gasteiger partial charge in [0.25, 0.3) is 0 Å². The zero-order valence-corrected chi connectivity index (χ0v) is 9.43. The van der Waals surface area contributed by atoms with Gasteiger partial charge >= 0.3 is 0 Å². The van der Waals surface area contributed by atoms with Gasteiger partial charge in [0.2, 0.25) is 0 Å². The van der Waals surface area contributed by atoms with E-state index in [1.165, 1.54) is 17.0 Å². The number of hydrogen-bond acceptors (Lipinski definition) is 1. The van der Waals surface area contributed by atoms with Crippen molar-refractivity contribution in [2.45, 2.75) is 33.9 Å². The highest BCUT2D eigenvalue weighted by molar-refractivity contribution is 5.26. The third kappa shape index (κ3) is 2.26. The van der Waals surface area contributed by atoms with E-state index >= 15 is 0 Å². The number of rotatable bonds is 5. The number of aryl methyl sites for hydroxylation is 1. The molecule has 1 aromatic rings. The highest BCUT2D eigenvalue weighted by atomic mass is 15.0. The maximum atomic E-state index is 3.69. The Morgan fingerprint density at radius 1 is 1.50 bits per heavy atom. The second-order valence-corrected chi connectivity index (χ2v) is 3.56. The highest BCUT2D eigenvalue weighted by Gasteiger charge is 2.06. The minimum atomic E-state index is 0.871. The van der Waals surface area contributed by atoms with E-state index in [4.69, 9.17) is 0 Å². The van der Waals surface area contributed by atoms with Crippen molar-refractivity contribution in [3.63, 3.8) is 0 Å². The molecule has 0 fully saturated rings. The standard InChI is InChI=1S/C12H20N2/c1-5-7-13-9-12-8-10(3)14(6-2)11(12)4/h5,8,13H,1,6-7,9H2,2-4H3. The van der Waals surface area contributed by atoms with Gasteiger partial charge in [0.05, 0.1) is 0 Å². The highest BCUT2D eigenvalue weighted by Crippen LogP contribution is 2.14. The van der Waals surface area contributed by atoms with Crippen LogP contribution in [0.3, 0.4) is 0 Å². The zero-order valence-electron chi connectivity index (χ0n) is 9.43. The molecular weight excluding hydrogens is 172 g/mol. The van der Waals surface area contributed by atoms with Crippen LogP contribution in [0.1, 0.15) is 23.9 Å². The predicted molar refractivity (Wildman–Crippen MR) is 61.5 cm³/mol. The molecule has 0 atom stereocenters. The number of nitrogens with zero attached hydrogens (tertiary/aromatic N) is 1. The maximum absolute atomic E-state index is 3.69. The van der Waals surface area contributed by atoms with E-state index in [1.54, 1.807) is 0 Å². The summed E-state index contributed by atoms with van der Waals surface area (Å²) in [6.45, 7) is 13.1. The van der Waals surface area contributed by atoms with Gasteiger partial charge in [0, 0.05) is 31.0 Å². The molecule has 14 heavy (non-hydrogen) atoms. The Hall–Kier alpha value is -1.02. The molecule has 0 saturated carbocycles. The minimum Gasteiger partial charge on any atom is -0.349 e. The van der Waals surface area contributed by atoms with Crippen LogP contribution < -0.4 is 5.32 Å². The van der Waals surface area contributed by atoms with Crippen LogP contribution in [-0.2, 0) is 13.1 Å². The molecule has 78 valence electrons. The molecule has 2 nitrogen and oxygen atoms in total. The average Bonchev–Trinajstić information content (AvgIpc) is 2.42. The Morgan fingerprint density at radius 2 is 2.21 bits per heavy atom. The molecule has 1 N–H and O–H groups in total.